The molecular formula is C12H8BrF3N2. The molecule has 6 heteroatoms. The number of hydrogen-bond acceptors (Lipinski definition) is 2. The third kappa shape index (κ3) is 2.64. The van der Waals surface area contributed by atoms with Gasteiger partial charge in [0.1, 0.15) is 0 Å². The molecular weight excluding hydrogens is 309 g/mol. The van der Waals surface area contributed by atoms with Crippen LogP contribution in [0.2, 0.25) is 0 Å². The third-order valence-corrected chi connectivity index (χ3v) is 2.92. The van der Waals surface area contributed by atoms with Crippen LogP contribution in [-0.4, -0.2) is 4.98 Å². The zero-order chi connectivity index (χ0) is 13.3. The van der Waals surface area contributed by atoms with Crippen molar-refractivity contribution in [3.05, 3.63) is 51.9 Å². The lowest BCUT2D eigenvalue weighted by Crippen LogP contribution is -2.02. The van der Waals surface area contributed by atoms with Gasteiger partial charge in [0.25, 0.3) is 5.95 Å². The normalized spacial score (nSPS) is 10.5. The molecule has 0 saturated heterocycles. The summed E-state index contributed by atoms with van der Waals surface area (Å²) in [6.07, 6.45) is 0. The molecule has 2 rings (SSSR count). The highest BCUT2D eigenvalue weighted by Crippen LogP contribution is 2.27. The van der Waals surface area contributed by atoms with Crippen LogP contribution in [0.3, 0.4) is 0 Å². The Kier molecular flexibility index (Phi) is 3.56. The number of hydrogen-bond donors (Lipinski definition) is 1. The van der Waals surface area contributed by atoms with E-state index in [2.05, 4.69) is 26.2 Å². The van der Waals surface area contributed by atoms with Gasteiger partial charge in [0, 0.05) is 10.5 Å². The largest absolute Gasteiger partial charge is 0.337 e. The van der Waals surface area contributed by atoms with E-state index in [4.69, 9.17) is 0 Å². The molecule has 1 N–H and O–H groups in total. The second kappa shape index (κ2) is 4.97. The number of benzene rings is 1. The first kappa shape index (κ1) is 12.9. The minimum absolute atomic E-state index is 0.363. The summed E-state index contributed by atoms with van der Waals surface area (Å²) in [7, 11) is 0. The Morgan fingerprint density at radius 1 is 1.11 bits per heavy atom. The number of pyridine rings is 1. The lowest BCUT2D eigenvalue weighted by Gasteiger charge is -2.09. The topological polar surface area (TPSA) is 24.9 Å². The summed E-state index contributed by atoms with van der Waals surface area (Å²) >= 11 is 3.28. The number of nitrogens with one attached hydrogen (secondary N) is 1. The van der Waals surface area contributed by atoms with Crippen molar-refractivity contribution in [3.63, 3.8) is 0 Å². The molecule has 0 spiro atoms. The van der Waals surface area contributed by atoms with Crippen LogP contribution < -0.4 is 5.32 Å². The molecule has 0 saturated carbocycles. The smallest absolute Gasteiger partial charge is 0.251 e. The number of rotatable bonds is 2. The van der Waals surface area contributed by atoms with Gasteiger partial charge in [-0.1, -0.05) is 6.07 Å². The Bertz CT molecular complexity index is 602. The molecule has 94 valence electrons. The maximum Gasteiger partial charge on any atom is 0.251 e. The van der Waals surface area contributed by atoms with Crippen molar-refractivity contribution >= 4 is 27.4 Å². The van der Waals surface area contributed by atoms with Crippen LogP contribution in [-0.2, 0) is 0 Å². The maximum atomic E-state index is 13.4. The Balaban J connectivity index is 2.37. The predicted molar refractivity (Wildman–Crippen MR) is 66.3 cm³/mol. The quantitative estimate of drug-likeness (QED) is 0.835. The first-order chi connectivity index (χ1) is 8.47. The Morgan fingerprint density at radius 2 is 1.83 bits per heavy atom. The van der Waals surface area contributed by atoms with Crippen LogP contribution in [0.25, 0.3) is 0 Å². The van der Waals surface area contributed by atoms with E-state index in [1.165, 1.54) is 0 Å². The molecule has 0 bridgehead atoms. The second-order valence-corrected chi connectivity index (χ2v) is 4.55. The lowest BCUT2D eigenvalue weighted by molar-refractivity contribution is 0.467. The van der Waals surface area contributed by atoms with Crippen LogP contribution in [0.5, 0.6) is 0 Å². The molecule has 1 heterocycles. The van der Waals surface area contributed by atoms with Gasteiger partial charge >= 0.3 is 0 Å². The van der Waals surface area contributed by atoms with E-state index in [9.17, 15) is 13.2 Å². The lowest BCUT2D eigenvalue weighted by atomic mass is 10.2. The van der Waals surface area contributed by atoms with Crippen LogP contribution >= 0.6 is 15.9 Å². The van der Waals surface area contributed by atoms with Crippen LogP contribution in [0.15, 0.2) is 28.7 Å². The van der Waals surface area contributed by atoms with Gasteiger partial charge in [0.05, 0.1) is 5.69 Å². The van der Waals surface area contributed by atoms with Crippen molar-refractivity contribution in [1.82, 2.24) is 4.98 Å². The van der Waals surface area contributed by atoms with E-state index in [0.29, 0.717) is 16.2 Å². The number of anilines is 2. The van der Waals surface area contributed by atoms with Crippen molar-refractivity contribution < 1.29 is 13.2 Å². The maximum absolute atomic E-state index is 13.4. The molecule has 1 aromatic carbocycles. The molecule has 2 nitrogen and oxygen atoms in total. The first-order valence-corrected chi connectivity index (χ1v) is 5.81. The van der Waals surface area contributed by atoms with Crippen molar-refractivity contribution in [2.45, 2.75) is 6.92 Å². The summed E-state index contributed by atoms with van der Waals surface area (Å²) in [4.78, 5) is 3.18. The molecule has 0 unspecified atom stereocenters. The summed E-state index contributed by atoms with van der Waals surface area (Å²) in [6, 6.07) is 5.74. The molecule has 0 aliphatic carbocycles. The fraction of sp³-hybridized carbons (Fsp3) is 0.0833. The van der Waals surface area contributed by atoms with E-state index < -0.39 is 17.6 Å². The van der Waals surface area contributed by atoms with Gasteiger partial charge in [-0.05, 0) is 40.5 Å². The highest BCUT2D eigenvalue weighted by molar-refractivity contribution is 9.10. The average molecular weight is 317 g/mol. The third-order valence-electron chi connectivity index (χ3n) is 2.26. The molecule has 0 aliphatic heterocycles. The molecule has 0 radical (unpaired) electrons. The van der Waals surface area contributed by atoms with Crippen molar-refractivity contribution in [2.24, 2.45) is 0 Å². The summed E-state index contributed by atoms with van der Waals surface area (Å²) < 4.78 is 39.7. The molecule has 0 fully saturated rings. The molecule has 0 atom stereocenters. The van der Waals surface area contributed by atoms with Crippen LogP contribution in [0.4, 0.5) is 24.7 Å². The van der Waals surface area contributed by atoms with Crippen molar-refractivity contribution in [1.29, 1.82) is 0 Å². The number of halogens is 4. The van der Waals surface area contributed by atoms with E-state index >= 15 is 0 Å². The monoisotopic (exact) mass is 316 g/mol. The summed E-state index contributed by atoms with van der Waals surface area (Å²) in [6.45, 7) is 1.89. The Labute approximate surface area is 110 Å². The van der Waals surface area contributed by atoms with Gasteiger partial charge in [-0.15, -0.1) is 0 Å². The summed E-state index contributed by atoms with van der Waals surface area (Å²) in [5.41, 5.74) is 1.52. The highest BCUT2D eigenvalue weighted by atomic mass is 79.9. The standard InChI is InChI=1S/C12H8BrF3N2/c1-6-2-3-10(7(13)4-6)17-12-9(15)5-8(14)11(16)18-12/h2-5H,1H3,(H,17,18). The fourth-order valence-electron chi connectivity index (χ4n) is 1.38. The highest BCUT2D eigenvalue weighted by Gasteiger charge is 2.12. The first-order valence-electron chi connectivity index (χ1n) is 5.02. The number of nitrogens with zero attached hydrogens (tertiary/aromatic N) is 1. The van der Waals surface area contributed by atoms with E-state index in [1.807, 2.05) is 6.92 Å². The molecule has 2 aromatic rings. The van der Waals surface area contributed by atoms with Gasteiger partial charge in [0.15, 0.2) is 17.5 Å². The minimum atomic E-state index is -1.35. The molecule has 1 aromatic heterocycles. The van der Waals surface area contributed by atoms with Crippen LogP contribution in [0, 0.1) is 24.5 Å². The Hall–Kier alpha value is -1.56. The van der Waals surface area contributed by atoms with Crippen molar-refractivity contribution in [3.8, 4) is 0 Å². The number of aryl methyl sites for hydroxylation is 1. The fourth-order valence-corrected chi connectivity index (χ4v) is 1.97. The minimum Gasteiger partial charge on any atom is -0.337 e. The average Bonchev–Trinajstić information content (AvgIpc) is 2.29. The zero-order valence-corrected chi connectivity index (χ0v) is 10.9. The van der Waals surface area contributed by atoms with Gasteiger partial charge < -0.3 is 5.32 Å². The SMILES string of the molecule is Cc1ccc(Nc2nc(F)c(F)cc2F)c(Br)c1. The van der Waals surface area contributed by atoms with Gasteiger partial charge in [-0.3, -0.25) is 0 Å². The predicted octanol–water partition coefficient (Wildman–Crippen LogP) is 4.31. The Morgan fingerprint density at radius 3 is 2.50 bits per heavy atom. The van der Waals surface area contributed by atoms with E-state index in [0.717, 1.165) is 5.56 Å². The zero-order valence-electron chi connectivity index (χ0n) is 9.27. The molecule has 0 amide bonds. The summed E-state index contributed by atoms with van der Waals surface area (Å²) in [5, 5.41) is 2.60. The second-order valence-electron chi connectivity index (χ2n) is 3.70. The molecule has 18 heavy (non-hydrogen) atoms. The van der Waals surface area contributed by atoms with Gasteiger partial charge in [0.2, 0.25) is 0 Å². The van der Waals surface area contributed by atoms with Gasteiger partial charge in [-0.2, -0.15) is 9.37 Å². The molecule has 0 aliphatic rings. The van der Waals surface area contributed by atoms with E-state index in [1.54, 1.807) is 18.2 Å². The van der Waals surface area contributed by atoms with Gasteiger partial charge in [-0.25, -0.2) is 8.78 Å². The van der Waals surface area contributed by atoms with Crippen molar-refractivity contribution in [2.75, 3.05) is 5.32 Å². The van der Waals surface area contributed by atoms with E-state index in [-0.39, 0.29) is 5.82 Å². The summed E-state index contributed by atoms with van der Waals surface area (Å²) in [5.74, 6) is -3.98. The van der Waals surface area contributed by atoms with Crippen LogP contribution in [0.1, 0.15) is 5.56 Å². The number of aromatic nitrogens is 1.